The number of sulfonamides is 1. The van der Waals surface area contributed by atoms with Crippen LogP contribution >= 0.6 is 0 Å². The highest BCUT2D eigenvalue weighted by Crippen LogP contribution is 2.37. The van der Waals surface area contributed by atoms with Crippen LogP contribution < -0.4 is 10.7 Å². The van der Waals surface area contributed by atoms with Gasteiger partial charge in [0.05, 0.1) is 4.90 Å². The van der Waals surface area contributed by atoms with E-state index in [2.05, 4.69) is 12.1 Å². The van der Waals surface area contributed by atoms with Gasteiger partial charge in [0.25, 0.3) is 10.0 Å². The van der Waals surface area contributed by atoms with Crippen LogP contribution in [0.5, 0.6) is 0 Å². The molecule has 0 atom stereocenters. The zero-order valence-corrected chi connectivity index (χ0v) is 10.4. The first-order valence-electron chi connectivity index (χ1n) is 5.55. The average Bonchev–Trinajstić information content (AvgIpc) is 2.76. The Kier molecular flexibility index (Phi) is 2.48. The zero-order chi connectivity index (χ0) is 12.8. The molecule has 0 spiro atoms. The van der Waals surface area contributed by atoms with Crippen molar-refractivity contribution in [1.29, 1.82) is 0 Å². The first-order chi connectivity index (χ1) is 8.62. The lowest BCUT2D eigenvalue weighted by atomic mass is 10.1. The van der Waals surface area contributed by atoms with Gasteiger partial charge in [0.2, 0.25) is 0 Å². The summed E-state index contributed by atoms with van der Waals surface area (Å²) >= 11 is 0. The molecule has 0 saturated heterocycles. The van der Waals surface area contributed by atoms with Crippen molar-refractivity contribution in [3.8, 4) is 11.1 Å². The Morgan fingerprint density at radius 2 is 1.72 bits per heavy atom. The summed E-state index contributed by atoms with van der Waals surface area (Å²) in [5.41, 5.74) is 4.52. The predicted octanol–water partition coefficient (Wildman–Crippen LogP) is 1.41. The first kappa shape index (κ1) is 11.4. The smallest absolute Gasteiger partial charge is 0.253 e. The van der Waals surface area contributed by atoms with Crippen LogP contribution in [0.4, 0.5) is 0 Å². The molecular weight excluding hydrogens is 248 g/mol. The summed E-state index contributed by atoms with van der Waals surface area (Å²) in [5.74, 6) is 5.03. The molecule has 0 fully saturated rings. The van der Waals surface area contributed by atoms with E-state index in [9.17, 15) is 8.42 Å². The van der Waals surface area contributed by atoms with Crippen molar-refractivity contribution >= 4 is 10.0 Å². The molecule has 0 unspecified atom stereocenters. The Morgan fingerprint density at radius 3 is 2.50 bits per heavy atom. The van der Waals surface area contributed by atoms with Gasteiger partial charge in [-0.3, -0.25) is 5.84 Å². The molecule has 0 aromatic heterocycles. The molecule has 0 saturated carbocycles. The Morgan fingerprint density at radius 1 is 1.00 bits per heavy atom. The maximum Gasteiger partial charge on any atom is 0.253 e. The van der Waals surface area contributed by atoms with Crippen molar-refractivity contribution < 1.29 is 8.42 Å². The Hall–Kier alpha value is -1.69. The van der Waals surface area contributed by atoms with Crippen LogP contribution in [0.3, 0.4) is 0 Å². The standard InChI is InChI=1S/C13H12N2O2S/c14-15-18(16,17)11-5-6-13-10(8-11)7-9-3-1-2-4-12(9)13/h1-6,8,15H,7,14H2. The van der Waals surface area contributed by atoms with Gasteiger partial charge in [-0.05, 0) is 40.8 Å². The maximum absolute atomic E-state index is 11.6. The van der Waals surface area contributed by atoms with Crippen LogP contribution in [0.1, 0.15) is 11.1 Å². The molecule has 92 valence electrons. The molecule has 3 rings (SSSR count). The molecule has 0 bridgehead atoms. The van der Waals surface area contributed by atoms with E-state index in [4.69, 9.17) is 5.84 Å². The summed E-state index contributed by atoms with van der Waals surface area (Å²) in [5, 5.41) is 0. The summed E-state index contributed by atoms with van der Waals surface area (Å²) in [6.07, 6.45) is 0.763. The third-order valence-electron chi connectivity index (χ3n) is 3.23. The third kappa shape index (κ3) is 1.64. The first-order valence-corrected chi connectivity index (χ1v) is 7.04. The minimum Gasteiger partial charge on any atom is -0.257 e. The fourth-order valence-corrected chi connectivity index (χ4v) is 3.04. The number of fused-ring (bicyclic) bond motifs is 3. The third-order valence-corrected chi connectivity index (χ3v) is 4.42. The van der Waals surface area contributed by atoms with Crippen LogP contribution in [0, 0.1) is 0 Å². The normalized spacial score (nSPS) is 13.2. The van der Waals surface area contributed by atoms with E-state index in [0.29, 0.717) is 0 Å². The van der Waals surface area contributed by atoms with E-state index < -0.39 is 10.0 Å². The molecule has 0 heterocycles. The van der Waals surface area contributed by atoms with Crippen LogP contribution in [-0.4, -0.2) is 8.42 Å². The van der Waals surface area contributed by atoms with Gasteiger partial charge in [-0.2, -0.15) is 4.83 Å². The van der Waals surface area contributed by atoms with Gasteiger partial charge >= 0.3 is 0 Å². The van der Waals surface area contributed by atoms with Crippen molar-refractivity contribution in [2.45, 2.75) is 11.3 Å². The molecule has 2 aromatic carbocycles. The van der Waals surface area contributed by atoms with Crippen LogP contribution in [-0.2, 0) is 16.4 Å². The fourth-order valence-electron chi connectivity index (χ4n) is 2.36. The van der Waals surface area contributed by atoms with Gasteiger partial charge in [-0.15, -0.1) is 0 Å². The van der Waals surface area contributed by atoms with Crippen LogP contribution in [0.2, 0.25) is 0 Å². The summed E-state index contributed by atoms with van der Waals surface area (Å²) in [6, 6.07) is 13.2. The number of nitrogens with one attached hydrogen (secondary N) is 1. The van der Waals surface area contributed by atoms with Crippen LogP contribution in [0.15, 0.2) is 47.4 Å². The molecule has 1 aliphatic carbocycles. The van der Waals surface area contributed by atoms with Crippen molar-refractivity contribution in [3.05, 3.63) is 53.6 Å². The number of benzene rings is 2. The van der Waals surface area contributed by atoms with Gasteiger partial charge < -0.3 is 0 Å². The summed E-state index contributed by atoms with van der Waals surface area (Å²) in [6.45, 7) is 0. The number of hydrogen-bond acceptors (Lipinski definition) is 3. The van der Waals surface area contributed by atoms with E-state index >= 15 is 0 Å². The molecular formula is C13H12N2O2S. The number of hydrogen-bond donors (Lipinski definition) is 2. The quantitative estimate of drug-likeness (QED) is 0.540. The molecule has 4 nitrogen and oxygen atoms in total. The minimum atomic E-state index is -3.58. The minimum absolute atomic E-state index is 0.205. The van der Waals surface area contributed by atoms with Gasteiger partial charge in [0.1, 0.15) is 0 Å². The van der Waals surface area contributed by atoms with Gasteiger partial charge in [0.15, 0.2) is 0 Å². The predicted molar refractivity (Wildman–Crippen MR) is 69.2 cm³/mol. The highest BCUT2D eigenvalue weighted by Gasteiger charge is 2.20. The topological polar surface area (TPSA) is 72.2 Å². The zero-order valence-electron chi connectivity index (χ0n) is 9.55. The second-order valence-electron chi connectivity index (χ2n) is 4.27. The summed E-state index contributed by atoms with van der Waals surface area (Å²) in [4.78, 5) is 2.05. The largest absolute Gasteiger partial charge is 0.257 e. The number of hydrazine groups is 1. The second kappa shape index (κ2) is 3.91. The molecule has 3 N–H and O–H groups in total. The highest BCUT2D eigenvalue weighted by molar-refractivity contribution is 7.89. The van der Waals surface area contributed by atoms with Gasteiger partial charge in [0, 0.05) is 0 Å². The van der Waals surface area contributed by atoms with Crippen molar-refractivity contribution in [2.75, 3.05) is 0 Å². The molecule has 1 aliphatic rings. The average molecular weight is 260 g/mol. The Bertz CT molecular complexity index is 724. The summed E-state index contributed by atoms with van der Waals surface area (Å²) in [7, 11) is -3.58. The van der Waals surface area contributed by atoms with Crippen molar-refractivity contribution in [2.24, 2.45) is 5.84 Å². The van der Waals surface area contributed by atoms with Gasteiger partial charge in [-0.1, -0.05) is 30.3 Å². The van der Waals surface area contributed by atoms with E-state index in [1.807, 2.05) is 23.0 Å². The lowest BCUT2D eigenvalue weighted by molar-refractivity contribution is 0.584. The maximum atomic E-state index is 11.6. The molecule has 2 aromatic rings. The fraction of sp³-hybridized carbons (Fsp3) is 0.0769. The number of nitrogens with two attached hydrogens (primary N) is 1. The monoisotopic (exact) mass is 260 g/mol. The van der Waals surface area contributed by atoms with Crippen molar-refractivity contribution in [3.63, 3.8) is 0 Å². The molecule has 18 heavy (non-hydrogen) atoms. The van der Waals surface area contributed by atoms with E-state index in [-0.39, 0.29) is 4.90 Å². The number of rotatable bonds is 2. The molecule has 0 amide bonds. The lowest BCUT2D eigenvalue weighted by Crippen LogP contribution is -2.30. The van der Waals surface area contributed by atoms with Crippen molar-refractivity contribution in [1.82, 2.24) is 4.83 Å². The second-order valence-corrected chi connectivity index (χ2v) is 5.99. The van der Waals surface area contributed by atoms with Crippen LogP contribution in [0.25, 0.3) is 11.1 Å². The molecule has 5 heteroatoms. The summed E-state index contributed by atoms with van der Waals surface area (Å²) < 4.78 is 23.3. The SMILES string of the molecule is NNS(=O)(=O)c1ccc2c(c1)Cc1ccccc1-2. The van der Waals surface area contributed by atoms with E-state index in [1.165, 1.54) is 11.1 Å². The Labute approximate surface area is 105 Å². The lowest BCUT2D eigenvalue weighted by Gasteiger charge is -2.05. The van der Waals surface area contributed by atoms with Gasteiger partial charge in [-0.25, -0.2) is 8.42 Å². The molecule has 0 aliphatic heterocycles. The molecule has 0 radical (unpaired) electrons. The Balaban J connectivity index is 2.15. The highest BCUT2D eigenvalue weighted by atomic mass is 32.2. The van der Waals surface area contributed by atoms with E-state index in [1.54, 1.807) is 12.1 Å². The van der Waals surface area contributed by atoms with E-state index in [0.717, 1.165) is 17.5 Å².